The van der Waals surface area contributed by atoms with Gasteiger partial charge in [0.25, 0.3) is 0 Å². The van der Waals surface area contributed by atoms with E-state index >= 15 is 0 Å². The first-order valence-corrected chi connectivity index (χ1v) is 7.77. The Kier molecular flexibility index (Phi) is 15.0. The molecule has 0 heterocycles. The fraction of sp³-hybridized carbons (Fsp3) is 0.867. The Bertz CT molecular complexity index is 329. The molecule has 0 aliphatic heterocycles. The van der Waals surface area contributed by atoms with E-state index in [9.17, 15) is 19.8 Å². The van der Waals surface area contributed by atoms with Gasteiger partial charge >= 0.3 is 21.1 Å². The van der Waals surface area contributed by atoms with Crippen LogP contribution >= 0.6 is 0 Å². The molecule has 1 aliphatic rings. The van der Waals surface area contributed by atoms with Crippen molar-refractivity contribution < 1.29 is 40.9 Å². The Morgan fingerprint density at radius 2 is 1.61 bits per heavy atom. The molecule has 1 aliphatic carbocycles. The van der Waals surface area contributed by atoms with Gasteiger partial charge in [-0.15, -0.1) is 0 Å². The third-order valence-corrected chi connectivity index (χ3v) is 4.08. The van der Waals surface area contributed by atoms with E-state index in [0.717, 1.165) is 31.5 Å². The molecule has 0 aromatic rings. The zero-order valence-electron chi connectivity index (χ0n) is 13.9. The summed E-state index contributed by atoms with van der Waals surface area (Å²) in [6, 6.07) is 0. The predicted molar refractivity (Wildman–Crippen MR) is 80.2 cm³/mol. The smallest absolute Gasteiger partial charge is 0.550 e. The molecule has 1 saturated carbocycles. The molecule has 0 amide bonds. The van der Waals surface area contributed by atoms with Crippen LogP contribution in [0.25, 0.3) is 0 Å². The summed E-state index contributed by atoms with van der Waals surface area (Å²) in [5.74, 6) is -2.09. The minimum atomic E-state index is -1.34. The molecule has 0 bridgehead atoms. The number of hydrogen-bond acceptors (Lipinski definition) is 7. The first-order valence-electron chi connectivity index (χ1n) is 7.77. The molecular formula is C15H29N3O4Pt. The number of carbonyl (C=O) groups excluding carboxylic acids is 2. The predicted octanol–water partition coefficient (Wildman–Crippen LogP) is -2.24. The molecule has 0 aromatic carbocycles. The summed E-state index contributed by atoms with van der Waals surface area (Å²) in [6.45, 7) is 2.40. The van der Waals surface area contributed by atoms with E-state index in [0.29, 0.717) is 12.8 Å². The van der Waals surface area contributed by atoms with Crippen molar-refractivity contribution in [3.05, 3.63) is 0 Å². The van der Waals surface area contributed by atoms with Crippen LogP contribution in [0.15, 0.2) is 0 Å². The van der Waals surface area contributed by atoms with Crippen molar-refractivity contribution in [2.75, 3.05) is 33.7 Å². The van der Waals surface area contributed by atoms with Gasteiger partial charge in [0.2, 0.25) is 0 Å². The van der Waals surface area contributed by atoms with Crippen LogP contribution in [0.1, 0.15) is 32.1 Å². The quantitative estimate of drug-likeness (QED) is 0.358. The number of carboxylic acid groups (broad SMARTS) is 2. The van der Waals surface area contributed by atoms with Gasteiger partial charge in [0.05, 0.1) is 0 Å². The third-order valence-electron chi connectivity index (χ3n) is 4.08. The number of carbonyl (C=O) groups is 2. The van der Waals surface area contributed by atoms with Crippen LogP contribution in [0.5, 0.6) is 0 Å². The van der Waals surface area contributed by atoms with E-state index < -0.39 is 24.3 Å². The third kappa shape index (κ3) is 11.6. The first kappa shape index (κ1) is 24.8. The molecule has 0 radical (unpaired) electrons. The summed E-state index contributed by atoms with van der Waals surface area (Å²) in [7, 11) is 3.74. The van der Waals surface area contributed by atoms with Crippen LogP contribution in [-0.4, -0.2) is 50.6 Å². The molecule has 3 atom stereocenters. The van der Waals surface area contributed by atoms with E-state index in [4.69, 9.17) is 11.5 Å². The molecule has 138 valence electrons. The Morgan fingerprint density at radius 3 is 1.87 bits per heavy atom. The average Bonchev–Trinajstić information content (AvgIpc) is 2.37. The van der Waals surface area contributed by atoms with E-state index in [1.807, 2.05) is 19.0 Å². The van der Waals surface area contributed by atoms with Gasteiger partial charge in [-0.2, -0.15) is 0 Å². The molecule has 4 N–H and O–H groups in total. The molecular weight excluding hydrogens is 481 g/mol. The normalized spacial score (nSPS) is 20.6. The fourth-order valence-electron chi connectivity index (χ4n) is 2.42. The summed E-state index contributed by atoms with van der Waals surface area (Å²) in [5, 5.41) is 20.7. The van der Waals surface area contributed by atoms with Gasteiger partial charge in [0, 0.05) is 17.9 Å². The summed E-state index contributed by atoms with van der Waals surface area (Å²) < 4.78 is 0. The van der Waals surface area contributed by atoms with Gasteiger partial charge in [-0.1, -0.05) is 0 Å². The van der Waals surface area contributed by atoms with Crippen LogP contribution in [-0.2, 0) is 30.7 Å². The average molecular weight is 510 g/mol. The van der Waals surface area contributed by atoms with E-state index in [2.05, 4.69) is 0 Å². The molecule has 0 saturated heterocycles. The topological polar surface area (TPSA) is 136 Å². The maximum Gasteiger partial charge on any atom is 2.00 e. The van der Waals surface area contributed by atoms with Crippen molar-refractivity contribution in [3.8, 4) is 0 Å². The van der Waals surface area contributed by atoms with Gasteiger partial charge in [-0.3, -0.25) is 0 Å². The van der Waals surface area contributed by atoms with Gasteiger partial charge in [0.15, 0.2) is 0 Å². The van der Waals surface area contributed by atoms with Gasteiger partial charge in [0.1, 0.15) is 0 Å². The second-order valence-corrected chi connectivity index (χ2v) is 6.11. The number of aliphatic carboxylic acids is 2. The van der Waals surface area contributed by atoms with Gasteiger partial charge in [-0.05, 0) is 77.7 Å². The Balaban J connectivity index is 0. The second kappa shape index (κ2) is 13.9. The number of nitrogens with zero attached hydrogens (tertiary/aromatic N) is 1. The minimum absolute atomic E-state index is 0. The van der Waals surface area contributed by atoms with E-state index in [-0.39, 0.29) is 21.1 Å². The van der Waals surface area contributed by atoms with Crippen molar-refractivity contribution >= 4 is 11.9 Å². The largest absolute Gasteiger partial charge is 2.00 e. The standard InChI is InChI=1S/C9H17NO4.C6H14N2.Pt/c1-10(2)5-3-4-7(9(13)14)6-8(11)12;7-3-5-1-2-6(5)4-8;/h7H,3-6H2,1-2H3,(H,11,12)(H,13,14);5-6H,1-4,7-8H2;/q;;+2/p-2. The number of carboxylic acids is 2. The maximum absolute atomic E-state index is 10.5. The van der Waals surface area contributed by atoms with Crippen LogP contribution in [0.4, 0.5) is 0 Å². The molecule has 1 fully saturated rings. The second-order valence-electron chi connectivity index (χ2n) is 6.11. The van der Waals surface area contributed by atoms with Crippen LogP contribution < -0.4 is 21.7 Å². The number of hydrogen-bond donors (Lipinski definition) is 2. The number of rotatable bonds is 9. The Labute approximate surface area is 153 Å². The molecule has 3 unspecified atom stereocenters. The van der Waals surface area contributed by atoms with Crippen molar-refractivity contribution in [3.63, 3.8) is 0 Å². The Hall–Kier alpha value is -0.492. The summed E-state index contributed by atoms with van der Waals surface area (Å²) in [6.07, 6.45) is 3.10. The van der Waals surface area contributed by atoms with Crippen molar-refractivity contribution in [1.82, 2.24) is 4.90 Å². The summed E-state index contributed by atoms with van der Waals surface area (Å²) >= 11 is 0. The molecule has 0 spiro atoms. The van der Waals surface area contributed by atoms with Crippen LogP contribution in [0.3, 0.4) is 0 Å². The zero-order valence-corrected chi connectivity index (χ0v) is 16.2. The van der Waals surface area contributed by atoms with Crippen molar-refractivity contribution in [2.45, 2.75) is 32.1 Å². The summed E-state index contributed by atoms with van der Waals surface area (Å²) in [5.41, 5.74) is 10.9. The number of nitrogens with two attached hydrogens (primary N) is 2. The van der Waals surface area contributed by atoms with Gasteiger partial charge < -0.3 is 36.2 Å². The monoisotopic (exact) mass is 510 g/mol. The summed E-state index contributed by atoms with van der Waals surface area (Å²) in [4.78, 5) is 22.6. The van der Waals surface area contributed by atoms with Crippen LogP contribution in [0.2, 0.25) is 0 Å². The minimum Gasteiger partial charge on any atom is -0.550 e. The molecule has 7 nitrogen and oxygen atoms in total. The molecule has 1 rings (SSSR count). The SMILES string of the molecule is CN(C)CCCC(CC(=O)[O-])C(=O)[O-].NCC1CCC1CN.[Pt+2]. The zero-order chi connectivity index (χ0) is 17.1. The van der Waals surface area contributed by atoms with Crippen molar-refractivity contribution in [2.24, 2.45) is 29.2 Å². The van der Waals surface area contributed by atoms with Gasteiger partial charge in [-0.25, -0.2) is 0 Å². The fourth-order valence-corrected chi connectivity index (χ4v) is 2.42. The van der Waals surface area contributed by atoms with E-state index in [1.54, 1.807) is 0 Å². The van der Waals surface area contributed by atoms with Crippen LogP contribution in [0, 0.1) is 17.8 Å². The molecule has 0 aromatic heterocycles. The molecule has 23 heavy (non-hydrogen) atoms. The Morgan fingerprint density at radius 1 is 1.13 bits per heavy atom. The van der Waals surface area contributed by atoms with Crippen molar-refractivity contribution in [1.29, 1.82) is 0 Å². The van der Waals surface area contributed by atoms with E-state index in [1.165, 1.54) is 12.8 Å². The molecule has 8 heteroatoms. The first-order chi connectivity index (χ1) is 10.3. The maximum atomic E-state index is 10.5.